The molecule has 0 aliphatic carbocycles. The maximum atomic E-state index is 11.6. The van der Waals surface area contributed by atoms with Gasteiger partial charge in [0.1, 0.15) is 0 Å². The number of halogens is 4. The third-order valence-corrected chi connectivity index (χ3v) is 0.549. The Bertz CT molecular complexity index is 116. The Morgan fingerprint density at radius 2 is 1.89 bits per heavy atom. The highest BCUT2D eigenvalue weighted by Gasteiger charge is 2.26. The van der Waals surface area contributed by atoms with Crippen LogP contribution in [0.5, 0.6) is 0 Å². The minimum atomic E-state index is -3.85. The fourth-order valence-electron chi connectivity index (χ4n) is 0.186. The number of ether oxygens (including phenoxy) is 1. The van der Waals surface area contributed by atoms with Crippen LogP contribution in [-0.4, -0.2) is 13.2 Å². The highest BCUT2D eigenvalue weighted by atomic mass is 19.3. The van der Waals surface area contributed by atoms with Crippen molar-refractivity contribution in [2.24, 2.45) is 0 Å². The molecule has 5 heteroatoms. The molecular formula is C4H4F4O. The van der Waals surface area contributed by atoms with Gasteiger partial charge in [-0.15, -0.1) is 0 Å². The van der Waals surface area contributed by atoms with E-state index in [1.807, 2.05) is 0 Å². The van der Waals surface area contributed by atoms with E-state index in [1.54, 1.807) is 0 Å². The molecule has 0 rings (SSSR count). The third-order valence-electron chi connectivity index (χ3n) is 0.549. The lowest BCUT2D eigenvalue weighted by Crippen LogP contribution is -2.14. The van der Waals surface area contributed by atoms with Crippen LogP contribution in [0.25, 0.3) is 0 Å². The first kappa shape index (κ1) is 8.42. The van der Waals surface area contributed by atoms with Crippen LogP contribution in [0.2, 0.25) is 0 Å². The van der Waals surface area contributed by atoms with Crippen molar-refractivity contribution >= 4 is 0 Å². The summed E-state index contributed by atoms with van der Waals surface area (Å²) in [5.74, 6) is 0. The van der Waals surface area contributed by atoms with Crippen molar-refractivity contribution < 1.29 is 22.3 Å². The van der Waals surface area contributed by atoms with Crippen LogP contribution in [0.15, 0.2) is 12.2 Å². The standard InChI is InChI=1S/C4H4F4O/c1-9-4(7,8)2-3(5)6/h2H,1H3. The molecule has 9 heavy (non-hydrogen) atoms. The molecule has 0 aromatic rings. The van der Waals surface area contributed by atoms with Crippen LogP contribution in [0, 0.1) is 0 Å². The highest BCUT2D eigenvalue weighted by molar-refractivity contribution is 4.88. The van der Waals surface area contributed by atoms with E-state index < -0.39 is 18.3 Å². The Balaban J connectivity index is 4.01. The maximum absolute atomic E-state index is 11.6. The van der Waals surface area contributed by atoms with E-state index in [0.717, 1.165) is 0 Å². The summed E-state index contributed by atoms with van der Waals surface area (Å²) in [7, 11) is 0.638. The van der Waals surface area contributed by atoms with E-state index in [4.69, 9.17) is 0 Å². The van der Waals surface area contributed by atoms with Crippen LogP contribution in [-0.2, 0) is 4.74 Å². The van der Waals surface area contributed by atoms with Gasteiger partial charge in [-0.1, -0.05) is 0 Å². The van der Waals surface area contributed by atoms with Gasteiger partial charge < -0.3 is 4.74 Å². The van der Waals surface area contributed by atoms with Gasteiger partial charge in [0.15, 0.2) is 0 Å². The van der Waals surface area contributed by atoms with Gasteiger partial charge in [-0.05, 0) is 0 Å². The second-order valence-corrected chi connectivity index (χ2v) is 1.20. The summed E-state index contributed by atoms with van der Waals surface area (Å²) in [6.45, 7) is 0. The molecule has 0 bridgehead atoms. The van der Waals surface area contributed by atoms with Crippen LogP contribution in [0.3, 0.4) is 0 Å². The van der Waals surface area contributed by atoms with Crippen molar-refractivity contribution in [1.82, 2.24) is 0 Å². The van der Waals surface area contributed by atoms with Crippen molar-refractivity contribution in [3.63, 3.8) is 0 Å². The van der Waals surface area contributed by atoms with Crippen LogP contribution in [0.1, 0.15) is 0 Å². The highest BCUT2D eigenvalue weighted by Crippen LogP contribution is 2.18. The summed E-state index contributed by atoms with van der Waals surface area (Å²) in [5.41, 5.74) is 0. The van der Waals surface area contributed by atoms with Crippen LogP contribution >= 0.6 is 0 Å². The molecule has 0 atom stereocenters. The minimum absolute atomic E-state index is 0.562. The molecule has 1 nitrogen and oxygen atoms in total. The largest absolute Gasteiger partial charge is 0.381 e. The average Bonchev–Trinajstić information content (AvgIpc) is 1.63. The molecular weight excluding hydrogens is 140 g/mol. The lowest BCUT2D eigenvalue weighted by atomic mass is 10.6. The van der Waals surface area contributed by atoms with E-state index in [-0.39, 0.29) is 0 Å². The Morgan fingerprint density at radius 1 is 1.44 bits per heavy atom. The third kappa shape index (κ3) is 3.96. The molecule has 0 radical (unpaired) electrons. The Labute approximate surface area is 48.9 Å². The van der Waals surface area contributed by atoms with Crippen molar-refractivity contribution in [2.45, 2.75) is 6.11 Å². The molecule has 0 spiro atoms. The Morgan fingerprint density at radius 3 is 2.00 bits per heavy atom. The van der Waals surface area contributed by atoms with Gasteiger partial charge in [0.25, 0.3) is 6.08 Å². The van der Waals surface area contributed by atoms with E-state index >= 15 is 0 Å². The lowest BCUT2D eigenvalue weighted by Gasteiger charge is -2.05. The summed E-state index contributed by atoms with van der Waals surface area (Å²) in [4.78, 5) is 0. The fourth-order valence-corrected chi connectivity index (χ4v) is 0.186. The molecule has 0 aliphatic heterocycles. The van der Waals surface area contributed by atoms with E-state index in [2.05, 4.69) is 4.74 Å². The van der Waals surface area contributed by atoms with Gasteiger partial charge >= 0.3 is 6.11 Å². The van der Waals surface area contributed by atoms with Crippen molar-refractivity contribution in [3.8, 4) is 0 Å². The number of methoxy groups -OCH3 is 1. The molecule has 0 N–H and O–H groups in total. The summed E-state index contributed by atoms with van der Waals surface area (Å²) < 4.78 is 48.6. The second-order valence-electron chi connectivity index (χ2n) is 1.20. The maximum Gasteiger partial charge on any atom is 0.381 e. The van der Waals surface area contributed by atoms with Crippen LogP contribution < -0.4 is 0 Å². The smallest absolute Gasteiger partial charge is 0.320 e. The number of alkyl halides is 2. The summed E-state index contributed by atoms with van der Waals surface area (Å²) in [6.07, 6.45) is -6.87. The quantitative estimate of drug-likeness (QED) is 0.538. The molecule has 54 valence electrons. The fraction of sp³-hybridized carbons (Fsp3) is 0.500. The lowest BCUT2D eigenvalue weighted by molar-refractivity contribution is -0.182. The van der Waals surface area contributed by atoms with Gasteiger partial charge in [-0.2, -0.15) is 17.6 Å². The van der Waals surface area contributed by atoms with Crippen molar-refractivity contribution in [1.29, 1.82) is 0 Å². The first-order valence-electron chi connectivity index (χ1n) is 1.95. The first-order chi connectivity index (χ1) is 3.98. The monoisotopic (exact) mass is 144 g/mol. The zero-order valence-corrected chi connectivity index (χ0v) is 4.50. The topological polar surface area (TPSA) is 9.23 Å². The Hall–Kier alpha value is -0.580. The van der Waals surface area contributed by atoms with Gasteiger partial charge in [0.05, 0.1) is 6.08 Å². The SMILES string of the molecule is COC(F)(F)C=C(F)F. The molecule has 0 saturated carbocycles. The molecule has 0 aromatic carbocycles. The number of hydrogen-bond acceptors (Lipinski definition) is 1. The predicted octanol–water partition coefficient (Wildman–Crippen LogP) is 2.01. The second kappa shape index (κ2) is 2.82. The zero-order chi connectivity index (χ0) is 7.49. The molecule has 0 aliphatic rings. The van der Waals surface area contributed by atoms with E-state index in [0.29, 0.717) is 7.11 Å². The summed E-state index contributed by atoms with van der Waals surface area (Å²) in [5, 5.41) is 0. The average molecular weight is 144 g/mol. The van der Waals surface area contributed by atoms with Gasteiger partial charge in [0, 0.05) is 7.11 Å². The minimum Gasteiger partial charge on any atom is -0.320 e. The van der Waals surface area contributed by atoms with E-state index in [9.17, 15) is 17.6 Å². The van der Waals surface area contributed by atoms with Crippen molar-refractivity contribution in [3.05, 3.63) is 12.2 Å². The predicted molar refractivity (Wildman–Crippen MR) is 22.3 cm³/mol. The molecule has 0 fully saturated rings. The summed E-state index contributed by atoms with van der Waals surface area (Å²) >= 11 is 0. The number of rotatable bonds is 2. The Kier molecular flexibility index (Phi) is 2.64. The number of hydrogen-bond donors (Lipinski definition) is 0. The van der Waals surface area contributed by atoms with Gasteiger partial charge in [-0.25, -0.2) is 0 Å². The molecule has 0 heterocycles. The van der Waals surface area contributed by atoms with Crippen molar-refractivity contribution in [2.75, 3.05) is 7.11 Å². The first-order valence-corrected chi connectivity index (χ1v) is 1.95. The zero-order valence-electron chi connectivity index (χ0n) is 4.50. The van der Waals surface area contributed by atoms with Gasteiger partial charge in [-0.3, -0.25) is 0 Å². The van der Waals surface area contributed by atoms with Gasteiger partial charge in [0.2, 0.25) is 0 Å². The normalized spacial score (nSPS) is 11.2. The molecule has 0 saturated heterocycles. The summed E-state index contributed by atoms with van der Waals surface area (Å²) in [6, 6.07) is 0. The molecule has 0 amide bonds. The van der Waals surface area contributed by atoms with E-state index in [1.165, 1.54) is 0 Å². The molecule has 0 unspecified atom stereocenters. The molecule has 0 aromatic heterocycles. The van der Waals surface area contributed by atoms with Crippen LogP contribution in [0.4, 0.5) is 17.6 Å².